The number of para-hydroxylation sites is 1. The molecule has 1 fully saturated rings. The Balaban J connectivity index is 1.35. The second-order valence-corrected chi connectivity index (χ2v) is 6.90. The van der Waals surface area contributed by atoms with Gasteiger partial charge in [0.2, 0.25) is 5.91 Å². The fourth-order valence-corrected chi connectivity index (χ4v) is 3.43. The Labute approximate surface area is 148 Å². The number of fused-ring (bicyclic) bond motifs is 1. The Kier molecular flexibility index (Phi) is 4.04. The lowest BCUT2D eigenvalue weighted by molar-refractivity contribution is -0.125. The monoisotopic (exact) mass is 350 g/mol. The van der Waals surface area contributed by atoms with Crippen molar-refractivity contribution in [2.24, 2.45) is 5.92 Å². The first-order chi connectivity index (χ1) is 12.2. The van der Waals surface area contributed by atoms with Gasteiger partial charge in [0.05, 0.1) is 6.20 Å². The first-order valence-corrected chi connectivity index (χ1v) is 8.72. The Morgan fingerprint density at radius 2 is 2.12 bits per heavy atom. The third-order valence-electron chi connectivity index (χ3n) is 4.20. The van der Waals surface area contributed by atoms with E-state index in [0.29, 0.717) is 22.9 Å². The summed E-state index contributed by atoms with van der Waals surface area (Å²) in [6.45, 7) is 0. The molecule has 0 spiro atoms. The molecule has 0 unspecified atom stereocenters. The molecule has 0 saturated heterocycles. The van der Waals surface area contributed by atoms with E-state index in [1.807, 2.05) is 36.4 Å². The summed E-state index contributed by atoms with van der Waals surface area (Å²) in [6.07, 6.45) is 4.53. The van der Waals surface area contributed by atoms with Gasteiger partial charge in [0.15, 0.2) is 5.13 Å². The molecule has 0 radical (unpaired) electrons. The quantitative estimate of drug-likeness (QED) is 0.779. The highest BCUT2D eigenvalue weighted by Crippen LogP contribution is 2.34. The molecule has 25 heavy (non-hydrogen) atoms. The van der Waals surface area contributed by atoms with Crippen molar-refractivity contribution < 1.29 is 9.53 Å². The predicted molar refractivity (Wildman–Crippen MR) is 94.3 cm³/mol. The Morgan fingerprint density at radius 3 is 2.92 bits per heavy atom. The fourth-order valence-electron chi connectivity index (χ4n) is 2.82. The maximum absolute atomic E-state index is 12.2. The van der Waals surface area contributed by atoms with E-state index in [1.54, 1.807) is 6.20 Å². The molecule has 6 nitrogen and oxygen atoms in total. The van der Waals surface area contributed by atoms with Crippen LogP contribution in [0, 0.1) is 17.2 Å². The Bertz CT molecular complexity index is 967. The highest BCUT2D eigenvalue weighted by molar-refractivity contribution is 7.16. The summed E-state index contributed by atoms with van der Waals surface area (Å²) < 4.78 is 6.02. The van der Waals surface area contributed by atoms with Crippen LogP contribution in [0.25, 0.3) is 10.9 Å². The van der Waals surface area contributed by atoms with E-state index in [1.165, 1.54) is 17.5 Å². The highest BCUT2D eigenvalue weighted by atomic mass is 32.1. The zero-order chi connectivity index (χ0) is 17.2. The van der Waals surface area contributed by atoms with Crippen LogP contribution in [0.15, 0.2) is 42.7 Å². The van der Waals surface area contributed by atoms with Crippen LogP contribution in [0.2, 0.25) is 0 Å². The van der Waals surface area contributed by atoms with Gasteiger partial charge in [-0.1, -0.05) is 29.5 Å². The van der Waals surface area contributed by atoms with Gasteiger partial charge < -0.3 is 10.1 Å². The van der Waals surface area contributed by atoms with Gasteiger partial charge in [-0.3, -0.25) is 9.78 Å². The summed E-state index contributed by atoms with van der Waals surface area (Å²) in [7, 11) is 0. The minimum absolute atomic E-state index is 0.00863. The first kappa shape index (κ1) is 15.5. The summed E-state index contributed by atoms with van der Waals surface area (Å²) in [4.78, 5) is 21.1. The molecule has 4 rings (SSSR count). The number of benzene rings is 1. The molecule has 1 aliphatic rings. The zero-order valence-electron chi connectivity index (χ0n) is 13.2. The van der Waals surface area contributed by atoms with E-state index in [2.05, 4.69) is 15.3 Å². The lowest BCUT2D eigenvalue weighted by Gasteiger charge is -2.34. The SMILES string of the molecule is N#Cc1cnc(NC(=O)C2CC(Oc3cccc4cccnc34)C2)s1. The number of nitriles is 1. The fraction of sp³-hybridized carbons (Fsp3) is 0.222. The first-order valence-electron chi connectivity index (χ1n) is 7.90. The van der Waals surface area contributed by atoms with E-state index in [9.17, 15) is 4.79 Å². The zero-order valence-corrected chi connectivity index (χ0v) is 14.0. The molecule has 1 aromatic carbocycles. The Morgan fingerprint density at radius 1 is 1.28 bits per heavy atom. The van der Waals surface area contributed by atoms with Crippen LogP contribution in [-0.4, -0.2) is 22.0 Å². The molecule has 0 bridgehead atoms. The van der Waals surface area contributed by atoms with Crippen molar-refractivity contribution in [2.75, 3.05) is 5.32 Å². The van der Waals surface area contributed by atoms with Gasteiger partial charge in [0.1, 0.15) is 28.3 Å². The standard InChI is InChI=1S/C18H14N4O2S/c19-9-14-10-21-18(25-14)22-17(23)12-7-13(8-12)24-15-5-1-3-11-4-2-6-20-16(11)15/h1-6,10,12-13H,7-8H2,(H,21,22,23). The molecular formula is C18H14N4O2S. The van der Waals surface area contributed by atoms with Gasteiger partial charge in [-0.05, 0) is 25.0 Å². The molecule has 1 N–H and O–H groups in total. The van der Waals surface area contributed by atoms with Gasteiger partial charge in [-0.25, -0.2) is 4.98 Å². The largest absolute Gasteiger partial charge is 0.488 e. The molecule has 124 valence electrons. The number of ether oxygens (including phenoxy) is 1. The summed E-state index contributed by atoms with van der Waals surface area (Å²) in [6, 6.07) is 11.7. The number of amides is 1. The van der Waals surface area contributed by atoms with Crippen LogP contribution in [0.5, 0.6) is 5.75 Å². The maximum Gasteiger partial charge on any atom is 0.229 e. The third-order valence-corrected chi connectivity index (χ3v) is 5.02. The van der Waals surface area contributed by atoms with Crippen molar-refractivity contribution in [1.82, 2.24) is 9.97 Å². The van der Waals surface area contributed by atoms with Gasteiger partial charge in [0, 0.05) is 17.5 Å². The van der Waals surface area contributed by atoms with Crippen LogP contribution in [0.1, 0.15) is 17.7 Å². The molecule has 7 heteroatoms. The van der Waals surface area contributed by atoms with E-state index in [4.69, 9.17) is 10.00 Å². The molecule has 0 aliphatic heterocycles. The van der Waals surface area contributed by atoms with Crippen molar-refractivity contribution in [2.45, 2.75) is 18.9 Å². The molecular weight excluding hydrogens is 336 g/mol. The second kappa shape index (κ2) is 6.49. The summed E-state index contributed by atoms with van der Waals surface area (Å²) in [5.74, 6) is 0.581. The smallest absolute Gasteiger partial charge is 0.229 e. The van der Waals surface area contributed by atoms with E-state index in [-0.39, 0.29) is 17.9 Å². The van der Waals surface area contributed by atoms with Crippen LogP contribution in [0.3, 0.4) is 0 Å². The van der Waals surface area contributed by atoms with Crippen molar-refractivity contribution in [3.63, 3.8) is 0 Å². The number of nitrogens with one attached hydrogen (secondary N) is 1. The van der Waals surface area contributed by atoms with Crippen molar-refractivity contribution in [3.05, 3.63) is 47.6 Å². The molecule has 1 saturated carbocycles. The summed E-state index contributed by atoms with van der Waals surface area (Å²) in [5, 5.41) is 13.0. The van der Waals surface area contributed by atoms with Crippen molar-refractivity contribution in [3.8, 4) is 11.8 Å². The number of aromatic nitrogens is 2. The average Bonchev–Trinajstić information content (AvgIpc) is 3.05. The van der Waals surface area contributed by atoms with Gasteiger partial charge in [-0.15, -0.1) is 0 Å². The highest BCUT2D eigenvalue weighted by Gasteiger charge is 2.36. The number of hydrogen-bond acceptors (Lipinski definition) is 6. The van der Waals surface area contributed by atoms with E-state index < -0.39 is 0 Å². The number of rotatable bonds is 4. The molecule has 2 aromatic heterocycles. The van der Waals surface area contributed by atoms with Crippen molar-refractivity contribution in [1.29, 1.82) is 5.26 Å². The van der Waals surface area contributed by atoms with Crippen LogP contribution >= 0.6 is 11.3 Å². The maximum atomic E-state index is 12.2. The minimum Gasteiger partial charge on any atom is -0.488 e. The number of nitrogens with zero attached hydrogens (tertiary/aromatic N) is 3. The third kappa shape index (κ3) is 3.16. The molecule has 2 heterocycles. The van der Waals surface area contributed by atoms with Gasteiger partial charge >= 0.3 is 0 Å². The van der Waals surface area contributed by atoms with Gasteiger partial charge in [-0.2, -0.15) is 5.26 Å². The second-order valence-electron chi connectivity index (χ2n) is 5.87. The molecule has 0 atom stereocenters. The topological polar surface area (TPSA) is 87.9 Å². The number of pyridine rings is 1. The van der Waals surface area contributed by atoms with Crippen LogP contribution in [-0.2, 0) is 4.79 Å². The van der Waals surface area contributed by atoms with E-state index >= 15 is 0 Å². The normalized spacial score (nSPS) is 19.0. The lowest BCUT2D eigenvalue weighted by atomic mass is 9.81. The number of hydrogen-bond donors (Lipinski definition) is 1. The average molecular weight is 350 g/mol. The van der Waals surface area contributed by atoms with Crippen LogP contribution < -0.4 is 10.1 Å². The predicted octanol–water partition coefficient (Wildman–Crippen LogP) is 3.36. The number of carbonyl (C=O) groups excluding carboxylic acids is 1. The molecule has 1 aliphatic carbocycles. The minimum atomic E-state index is -0.0950. The molecule has 3 aromatic rings. The number of thiazole rings is 1. The summed E-state index contributed by atoms with van der Waals surface area (Å²) >= 11 is 1.17. The van der Waals surface area contributed by atoms with Gasteiger partial charge in [0.25, 0.3) is 0 Å². The van der Waals surface area contributed by atoms with Crippen LogP contribution in [0.4, 0.5) is 5.13 Å². The van der Waals surface area contributed by atoms with E-state index in [0.717, 1.165) is 16.7 Å². The number of carbonyl (C=O) groups is 1. The summed E-state index contributed by atoms with van der Waals surface area (Å²) in [5.41, 5.74) is 0.838. The Hall–Kier alpha value is -2.98. The number of anilines is 1. The lowest BCUT2D eigenvalue weighted by Crippen LogP contribution is -2.40. The van der Waals surface area contributed by atoms with Crippen molar-refractivity contribution >= 4 is 33.3 Å². The molecule has 1 amide bonds.